The number of carbonyl (C=O) groups is 1. The molecular formula is C11H7Cl2N3O2S. The Bertz CT molecular complexity index is 625. The molecule has 1 heterocycles. The molecule has 0 bridgehead atoms. The average molecular weight is 316 g/mol. The molecule has 0 saturated heterocycles. The number of nitrogens with one attached hydrogen (secondary N) is 1. The lowest BCUT2D eigenvalue weighted by Crippen LogP contribution is -2.19. The Morgan fingerprint density at radius 2 is 2.05 bits per heavy atom. The largest absolute Gasteiger partial charge is 0.288 e. The summed E-state index contributed by atoms with van der Waals surface area (Å²) >= 11 is 12.9. The van der Waals surface area contributed by atoms with E-state index in [4.69, 9.17) is 28.4 Å². The van der Waals surface area contributed by atoms with E-state index in [1.54, 1.807) is 23.7 Å². The smallest absolute Gasteiger partial charge is 0.277 e. The van der Waals surface area contributed by atoms with E-state index in [-0.39, 0.29) is 5.56 Å². The van der Waals surface area contributed by atoms with E-state index in [2.05, 4.69) is 10.2 Å². The summed E-state index contributed by atoms with van der Waals surface area (Å²) in [6, 6.07) is 6.50. The van der Waals surface area contributed by atoms with Crippen LogP contribution in [0.15, 0.2) is 40.4 Å². The Labute approximate surface area is 122 Å². The number of hydrogen-bond donors (Lipinski definition) is 2. The number of nitrogens with zero attached hydrogens (tertiary/aromatic N) is 2. The van der Waals surface area contributed by atoms with Crippen LogP contribution in [0.5, 0.6) is 0 Å². The van der Waals surface area contributed by atoms with E-state index in [9.17, 15) is 4.79 Å². The predicted molar refractivity (Wildman–Crippen MR) is 71.9 cm³/mol. The third-order valence-electron chi connectivity index (χ3n) is 2.14. The Hall–Kier alpha value is -1.34. The van der Waals surface area contributed by atoms with E-state index in [1.165, 1.54) is 24.0 Å². The van der Waals surface area contributed by atoms with Crippen LogP contribution in [0.4, 0.5) is 0 Å². The molecule has 1 amide bonds. The molecule has 0 fully saturated rings. The van der Waals surface area contributed by atoms with Gasteiger partial charge in [0, 0.05) is 4.90 Å². The van der Waals surface area contributed by atoms with Crippen LogP contribution in [0.2, 0.25) is 10.0 Å². The molecule has 2 aromatic rings. The van der Waals surface area contributed by atoms with E-state index in [1.807, 2.05) is 0 Å². The Kier molecular flexibility index (Phi) is 4.60. The summed E-state index contributed by atoms with van der Waals surface area (Å²) in [4.78, 5) is 12.2. The number of aromatic nitrogens is 2. The van der Waals surface area contributed by atoms with Crippen molar-refractivity contribution in [2.45, 2.75) is 9.92 Å². The van der Waals surface area contributed by atoms with Gasteiger partial charge in [0.1, 0.15) is 5.03 Å². The molecule has 19 heavy (non-hydrogen) atoms. The summed E-state index contributed by atoms with van der Waals surface area (Å²) in [7, 11) is 0. The van der Waals surface area contributed by atoms with Crippen LogP contribution < -0.4 is 5.48 Å². The van der Waals surface area contributed by atoms with Crippen LogP contribution in [-0.4, -0.2) is 21.3 Å². The van der Waals surface area contributed by atoms with Gasteiger partial charge in [-0.15, -0.1) is 5.10 Å². The molecule has 0 radical (unpaired) electrons. The van der Waals surface area contributed by atoms with Gasteiger partial charge in [0.05, 0.1) is 21.8 Å². The maximum atomic E-state index is 11.5. The first-order valence-corrected chi connectivity index (χ1v) is 6.58. The molecule has 8 heteroatoms. The topological polar surface area (TPSA) is 75.1 Å². The summed E-state index contributed by atoms with van der Waals surface area (Å²) in [6.45, 7) is 0. The van der Waals surface area contributed by atoms with E-state index in [0.717, 1.165) is 4.90 Å². The minimum absolute atomic E-state index is 0.216. The van der Waals surface area contributed by atoms with Crippen LogP contribution in [0.3, 0.4) is 0 Å². The molecule has 0 aliphatic rings. The van der Waals surface area contributed by atoms with Crippen LogP contribution in [-0.2, 0) is 0 Å². The van der Waals surface area contributed by atoms with Crippen molar-refractivity contribution in [3.8, 4) is 0 Å². The number of hydroxylamine groups is 1. The number of rotatable bonds is 3. The predicted octanol–water partition coefficient (Wildman–Crippen LogP) is 3.05. The maximum Gasteiger partial charge on any atom is 0.277 e. The first-order valence-electron chi connectivity index (χ1n) is 5.01. The normalized spacial score (nSPS) is 10.3. The number of halogens is 2. The lowest BCUT2D eigenvalue weighted by molar-refractivity contribution is 0.0702. The van der Waals surface area contributed by atoms with Crippen molar-refractivity contribution < 1.29 is 10.0 Å². The first-order chi connectivity index (χ1) is 9.11. The second-order valence-corrected chi connectivity index (χ2v) is 5.25. The van der Waals surface area contributed by atoms with Crippen LogP contribution in [0, 0.1) is 0 Å². The van der Waals surface area contributed by atoms with Crippen molar-refractivity contribution in [1.82, 2.24) is 15.7 Å². The highest BCUT2D eigenvalue weighted by atomic mass is 35.5. The van der Waals surface area contributed by atoms with Crippen LogP contribution in [0.25, 0.3) is 0 Å². The third-order valence-corrected chi connectivity index (χ3v) is 3.86. The maximum absolute atomic E-state index is 11.5. The molecular weight excluding hydrogens is 309 g/mol. The fraction of sp³-hybridized carbons (Fsp3) is 0. The van der Waals surface area contributed by atoms with Crippen molar-refractivity contribution in [2.75, 3.05) is 0 Å². The van der Waals surface area contributed by atoms with Gasteiger partial charge in [-0.2, -0.15) is 5.10 Å². The zero-order valence-corrected chi connectivity index (χ0v) is 11.6. The SMILES string of the molecule is O=C(NO)c1ccnnc1Sc1ccc(Cl)c(Cl)c1. The number of benzene rings is 1. The van der Waals surface area contributed by atoms with E-state index < -0.39 is 5.91 Å². The molecule has 1 aromatic heterocycles. The minimum atomic E-state index is -0.655. The van der Waals surface area contributed by atoms with Gasteiger partial charge in [-0.25, -0.2) is 5.48 Å². The molecule has 5 nitrogen and oxygen atoms in total. The molecule has 0 aliphatic heterocycles. The molecule has 98 valence electrons. The fourth-order valence-electron chi connectivity index (χ4n) is 1.28. The summed E-state index contributed by atoms with van der Waals surface area (Å²) in [5.74, 6) is -0.655. The van der Waals surface area contributed by atoms with Gasteiger partial charge in [0.25, 0.3) is 5.91 Å². The van der Waals surface area contributed by atoms with E-state index in [0.29, 0.717) is 15.1 Å². The number of amides is 1. The third kappa shape index (κ3) is 3.36. The minimum Gasteiger partial charge on any atom is -0.288 e. The van der Waals surface area contributed by atoms with Crippen molar-refractivity contribution in [3.63, 3.8) is 0 Å². The lowest BCUT2D eigenvalue weighted by atomic mass is 10.3. The Morgan fingerprint density at radius 3 is 2.74 bits per heavy atom. The molecule has 0 unspecified atom stereocenters. The Morgan fingerprint density at radius 1 is 1.26 bits per heavy atom. The van der Waals surface area contributed by atoms with Gasteiger partial charge < -0.3 is 0 Å². The molecule has 2 N–H and O–H groups in total. The molecule has 0 aliphatic carbocycles. The molecule has 0 saturated carbocycles. The summed E-state index contributed by atoms with van der Waals surface area (Å²) in [5, 5.41) is 17.4. The number of carbonyl (C=O) groups excluding carboxylic acids is 1. The van der Waals surface area contributed by atoms with Gasteiger partial charge in [-0.05, 0) is 24.3 Å². The summed E-state index contributed by atoms with van der Waals surface area (Å²) < 4.78 is 0. The van der Waals surface area contributed by atoms with Crippen LogP contribution >= 0.6 is 35.0 Å². The zero-order chi connectivity index (χ0) is 13.8. The van der Waals surface area contributed by atoms with Gasteiger partial charge >= 0.3 is 0 Å². The van der Waals surface area contributed by atoms with E-state index >= 15 is 0 Å². The molecule has 2 rings (SSSR count). The van der Waals surface area contributed by atoms with Gasteiger partial charge in [-0.3, -0.25) is 10.0 Å². The molecule has 1 aromatic carbocycles. The van der Waals surface area contributed by atoms with Gasteiger partial charge in [0.15, 0.2) is 0 Å². The number of hydrogen-bond acceptors (Lipinski definition) is 5. The van der Waals surface area contributed by atoms with Crippen molar-refractivity contribution in [2.24, 2.45) is 0 Å². The highest BCUT2D eigenvalue weighted by molar-refractivity contribution is 7.99. The highest BCUT2D eigenvalue weighted by Crippen LogP contribution is 2.32. The quantitative estimate of drug-likeness (QED) is 0.672. The first kappa shape index (κ1) is 14.1. The average Bonchev–Trinajstić information content (AvgIpc) is 2.43. The van der Waals surface area contributed by atoms with Gasteiger partial charge in [-0.1, -0.05) is 35.0 Å². The summed E-state index contributed by atoms with van der Waals surface area (Å²) in [5.41, 5.74) is 1.78. The second kappa shape index (κ2) is 6.21. The highest BCUT2D eigenvalue weighted by Gasteiger charge is 2.13. The second-order valence-electron chi connectivity index (χ2n) is 3.37. The van der Waals surface area contributed by atoms with Crippen LogP contribution in [0.1, 0.15) is 10.4 Å². The Balaban J connectivity index is 2.32. The van der Waals surface area contributed by atoms with Gasteiger partial charge in [0.2, 0.25) is 0 Å². The lowest BCUT2D eigenvalue weighted by Gasteiger charge is -2.06. The molecule has 0 atom stereocenters. The fourth-order valence-corrected chi connectivity index (χ4v) is 2.54. The molecule has 0 spiro atoms. The van der Waals surface area contributed by atoms with Crippen molar-refractivity contribution in [1.29, 1.82) is 0 Å². The standard InChI is InChI=1S/C11H7Cl2N3O2S/c12-8-2-1-6(5-9(8)13)19-11-7(10(17)16-18)3-4-14-15-11/h1-5,18H,(H,16,17). The summed E-state index contributed by atoms with van der Waals surface area (Å²) in [6.07, 6.45) is 1.36. The zero-order valence-electron chi connectivity index (χ0n) is 9.30. The monoisotopic (exact) mass is 315 g/mol. The van der Waals surface area contributed by atoms with Crippen molar-refractivity contribution in [3.05, 3.63) is 46.1 Å². The van der Waals surface area contributed by atoms with Crippen molar-refractivity contribution >= 4 is 40.9 Å².